The van der Waals surface area contributed by atoms with E-state index in [4.69, 9.17) is 11.6 Å². The van der Waals surface area contributed by atoms with Crippen molar-refractivity contribution in [3.63, 3.8) is 0 Å². The lowest BCUT2D eigenvalue weighted by atomic mass is 9.84. The van der Waals surface area contributed by atoms with Gasteiger partial charge in [-0.25, -0.2) is 15.0 Å². The molecule has 1 aliphatic carbocycles. The highest BCUT2D eigenvalue weighted by molar-refractivity contribution is 5.89. The van der Waals surface area contributed by atoms with E-state index in [1.807, 2.05) is 0 Å². The molecule has 0 heterocycles. The molecule has 1 atom stereocenters. The lowest BCUT2D eigenvalue weighted by Crippen LogP contribution is -2.39. The number of carbonyl (C=O) groups excluding carboxylic acids is 1. The van der Waals surface area contributed by atoms with Gasteiger partial charge in [-0.1, -0.05) is 18.6 Å². The fourth-order valence-corrected chi connectivity index (χ4v) is 3.15. The Morgan fingerprint density at radius 2 is 1.96 bits per heavy atom. The number of hydrazine groups is 1. The molecule has 0 fully saturated rings. The van der Waals surface area contributed by atoms with E-state index in [1.54, 1.807) is 31.3 Å². The van der Waals surface area contributed by atoms with Crippen LogP contribution in [0.5, 0.6) is 0 Å². The van der Waals surface area contributed by atoms with E-state index < -0.39 is 11.6 Å². The van der Waals surface area contributed by atoms with Gasteiger partial charge in [-0.15, -0.1) is 0 Å². The van der Waals surface area contributed by atoms with Gasteiger partial charge in [-0.05, 0) is 43.4 Å². The van der Waals surface area contributed by atoms with Crippen LogP contribution in [0.25, 0.3) is 0 Å². The maximum Gasteiger partial charge on any atom is 0.337 e. The Labute approximate surface area is 142 Å². The van der Waals surface area contributed by atoms with Crippen molar-refractivity contribution >= 4 is 5.97 Å². The molecule has 4 N–H and O–H groups in total. The lowest BCUT2D eigenvalue weighted by Gasteiger charge is -2.32. The van der Waals surface area contributed by atoms with E-state index in [0.717, 1.165) is 24.8 Å². The molecule has 24 heavy (non-hydrogen) atoms. The summed E-state index contributed by atoms with van der Waals surface area (Å²) in [4.78, 5) is 11.5. The first-order valence-electron chi connectivity index (χ1n) is 8.21. The van der Waals surface area contributed by atoms with Crippen molar-refractivity contribution in [1.82, 2.24) is 5.01 Å². The van der Waals surface area contributed by atoms with Crippen LogP contribution in [-0.4, -0.2) is 30.8 Å². The van der Waals surface area contributed by atoms with Gasteiger partial charge in [0.15, 0.2) is 5.67 Å². The average molecular weight is 335 g/mol. The van der Waals surface area contributed by atoms with Gasteiger partial charge in [0.2, 0.25) is 0 Å². The normalized spacial score (nSPS) is 24.8. The second kappa shape index (κ2) is 7.66. The number of allylic oxidation sites excluding steroid dienone is 2. The highest BCUT2D eigenvalue weighted by Crippen LogP contribution is 2.35. The zero-order valence-electron chi connectivity index (χ0n) is 14.3. The molecule has 2 rings (SSSR count). The first-order valence-corrected chi connectivity index (χ1v) is 8.21. The minimum atomic E-state index is -1.63. The molecule has 0 saturated carbocycles. The molecule has 0 radical (unpaired) electrons. The van der Waals surface area contributed by atoms with E-state index in [-0.39, 0.29) is 12.1 Å². The van der Waals surface area contributed by atoms with Gasteiger partial charge in [0.25, 0.3) is 0 Å². The minimum Gasteiger partial charge on any atom is -0.465 e. The molecule has 0 saturated heterocycles. The summed E-state index contributed by atoms with van der Waals surface area (Å²) in [6.07, 6.45) is 3.93. The number of nitrogens with two attached hydrogens (primary N) is 2. The van der Waals surface area contributed by atoms with Gasteiger partial charge in [-0.3, -0.25) is 0 Å². The molecule has 6 heteroatoms. The average Bonchev–Trinajstić information content (AvgIpc) is 2.56. The third-order valence-corrected chi connectivity index (χ3v) is 4.57. The van der Waals surface area contributed by atoms with Crippen LogP contribution in [-0.2, 0) is 11.2 Å². The lowest BCUT2D eigenvalue weighted by molar-refractivity contribution is 0.0600. The number of ether oxygens (including phenoxy) is 1. The second-order valence-electron chi connectivity index (χ2n) is 6.36. The number of hydrogen-bond acceptors (Lipinski definition) is 5. The van der Waals surface area contributed by atoms with Crippen molar-refractivity contribution in [1.29, 1.82) is 0 Å². The largest absolute Gasteiger partial charge is 0.465 e. The van der Waals surface area contributed by atoms with Crippen molar-refractivity contribution in [2.75, 3.05) is 14.2 Å². The van der Waals surface area contributed by atoms with Crippen molar-refractivity contribution in [2.45, 2.75) is 44.2 Å². The molecular formula is C18H26FN3O2. The van der Waals surface area contributed by atoms with Crippen molar-refractivity contribution in [3.05, 3.63) is 46.8 Å². The van der Waals surface area contributed by atoms with Crippen LogP contribution in [0.1, 0.15) is 48.0 Å². The summed E-state index contributed by atoms with van der Waals surface area (Å²) in [6, 6.07) is 6.77. The molecule has 132 valence electrons. The van der Waals surface area contributed by atoms with Crippen molar-refractivity contribution in [2.24, 2.45) is 11.6 Å². The molecular weight excluding hydrogens is 309 g/mol. The van der Waals surface area contributed by atoms with E-state index in [2.05, 4.69) is 4.74 Å². The highest BCUT2D eigenvalue weighted by Gasteiger charge is 2.36. The molecule has 1 aromatic carbocycles. The molecule has 0 spiro atoms. The predicted molar refractivity (Wildman–Crippen MR) is 91.6 cm³/mol. The zero-order chi connectivity index (χ0) is 17.7. The first kappa shape index (κ1) is 18.3. The van der Waals surface area contributed by atoms with E-state index in [0.29, 0.717) is 24.1 Å². The molecule has 0 aliphatic heterocycles. The van der Waals surface area contributed by atoms with Crippen LogP contribution in [0.2, 0.25) is 0 Å². The number of hydrogen-bond donors (Lipinski definition) is 2. The summed E-state index contributed by atoms with van der Waals surface area (Å²) >= 11 is 0. The Morgan fingerprint density at radius 1 is 1.29 bits per heavy atom. The number of nitrogens with zero attached hydrogens (tertiary/aromatic N) is 1. The minimum absolute atomic E-state index is 0.164. The number of esters is 1. The summed E-state index contributed by atoms with van der Waals surface area (Å²) in [5, 5.41) is 1.43. The monoisotopic (exact) mass is 335 g/mol. The standard InChI is InChI=1S/C18H26FN3O2/c1-22(21)15-6-4-3-5-11-18(19,16(15)20)12-13-7-9-14(10-8-13)17(23)24-2/h7-10H,3-6,11-12,20-21H2,1-2H3/b16-15-. The summed E-state index contributed by atoms with van der Waals surface area (Å²) < 4.78 is 20.3. The van der Waals surface area contributed by atoms with Crippen molar-refractivity contribution in [3.8, 4) is 0 Å². The fourth-order valence-electron chi connectivity index (χ4n) is 3.15. The summed E-state index contributed by atoms with van der Waals surface area (Å²) in [5.74, 6) is 5.43. The molecule has 1 unspecified atom stereocenters. The summed E-state index contributed by atoms with van der Waals surface area (Å²) in [7, 11) is 3.02. The third kappa shape index (κ3) is 4.06. The number of methoxy groups -OCH3 is 1. The smallest absolute Gasteiger partial charge is 0.337 e. The second-order valence-corrected chi connectivity index (χ2v) is 6.36. The van der Waals surface area contributed by atoms with Gasteiger partial charge < -0.3 is 15.5 Å². The molecule has 1 aromatic rings. The highest BCUT2D eigenvalue weighted by atomic mass is 19.1. The molecule has 5 nitrogen and oxygen atoms in total. The number of rotatable bonds is 4. The Hall–Kier alpha value is -2.08. The van der Waals surface area contributed by atoms with E-state index in [1.165, 1.54) is 12.1 Å². The third-order valence-electron chi connectivity index (χ3n) is 4.57. The van der Waals surface area contributed by atoms with Gasteiger partial charge in [0, 0.05) is 13.5 Å². The van der Waals surface area contributed by atoms with Crippen LogP contribution in [0.3, 0.4) is 0 Å². The number of halogens is 1. The fraction of sp³-hybridized carbons (Fsp3) is 0.500. The maximum absolute atomic E-state index is 15.7. The predicted octanol–water partition coefficient (Wildman–Crippen LogP) is 2.66. The van der Waals surface area contributed by atoms with Crippen LogP contribution in [0.4, 0.5) is 4.39 Å². The van der Waals surface area contributed by atoms with Crippen LogP contribution < -0.4 is 11.6 Å². The van der Waals surface area contributed by atoms with Gasteiger partial charge in [-0.2, -0.15) is 0 Å². The van der Waals surface area contributed by atoms with Crippen LogP contribution in [0, 0.1) is 0 Å². The molecule has 1 aliphatic rings. The molecule has 0 bridgehead atoms. The first-order chi connectivity index (χ1) is 11.4. The van der Waals surface area contributed by atoms with Gasteiger partial charge >= 0.3 is 5.97 Å². The zero-order valence-corrected chi connectivity index (χ0v) is 14.3. The quantitative estimate of drug-likeness (QED) is 0.502. The maximum atomic E-state index is 15.7. The summed E-state index contributed by atoms with van der Waals surface area (Å²) in [5.41, 5.74) is 6.68. The number of carbonyl (C=O) groups is 1. The van der Waals surface area contributed by atoms with Crippen LogP contribution >= 0.6 is 0 Å². The van der Waals surface area contributed by atoms with E-state index >= 15 is 4.39 Å². The molecule has 0 aromatic heterocycles. The molecule has 0 amide bonds. The Kier molecular flexibility index (Phi) is 5.83. The number of benzene rings is 1. The SMILES string of the molecule is COC(=O)c1ccc(CC2(F)CCCCC/C(N(C)N)=C\2N)cc1. The topological polar surface area (TPSA) is 81.6 Å². The summed E-state index contributed by atoms with van der Waals surface area (Å²) in [6.45, 7) is 0. The van der Waals surface area contributed by atoms with E-state index in [9.17, 15) is 4.79 Å². The number of alkyl halides is 1. The Balaban J connectivity index is 2.28. The Morgan fingerprint density at radius 3 is 2.54 bits per heavy atom. The van der Waals surface area contributed by atoms with Gasteiger partial charge in [0.1, 0.15) is 0 Å². The van der Waals surface area contributed by atoms with Gasteiger partial charge in [0.05, 0.1) is 24.1 Å². The van der Waals surface area contributed by atoms with Crippen LogP contribution in [0.15, 0.2) is 35.7 Å². The Bertz CT molecular complexity index is 613. The van der Waals surface area contributed by atoms with Crippen molar-refractivity contribution < 1.29 is 13.9 Å².